The second kappa shape index (κ2) is 6.55. The second-order valence-corrected chi connectivity index (χ2v) is 7.34. The minimum Gasteiger partial charge on any atom is -0.393 e. The molecule has 3 N–H and O–H groups in total. The zero-order valence-corrected chi connectivity index (χ0v) is 13.1. The molecule has 3 nitrogen and oxygen atoms in total. The molecule has 5 heteroatoms. The molecular formula is C14H23ClN2OS. The molecule has 0 aliphatic heterocycles. The van der Waals surface area contributed by atoms with Crippen LogP contribution in [0.1, 0.15) is 37.1 Å². The SMILES string of the molecule is CCC(N)C(c1ccc(Cl)s1)N(C)CC1CC(O)C1. The Morgan fingerprint density at radius 3 is 2.68 bits per heavy atom. The maximum Gasteiger partial charge on any atom is 0.0931 e. The molecule has 2 atom stereocenters. The van der Waals surface area contributed by atoms with Gasteiger partial charge in [-0.25, -0.2) is 0 Å². The van der Waals surface area contributed by atoms with Gasteiger partial charge in [-0.1, -0.05) is 18.5 Å². The highest BCUT2D eigenvalue weighted by Crippen LogP contribution is 2.35. The number of hydrogen-bond donors (Lipinski definition) is 2. The van der Waals surface area contributed by atoms with Crippen molar-refractivity contribution in [1.82, 2.24) is 4.90 Å². The van der Waals surface area contributed by atoms with Gasteiger partial charge in [-0.15, -0.1) is 11.3 Å². The highest BCUT2D eigenvalue weighted by Gasteiger charge is 2.32. The van der Waals surface area contributed by atoms with Crippen LogP contribution in [0.5, 0.6) is 0 Å². The summed E-state index contributed by atoms with van der Waals surface area (Å²) >= 11 is 7.66. The fourth-order valence-corrected chi connectivity index (χ4v) is 4.14. The summed E-state index contributed by atoms with van der Waals surface area (Å²) in [6.45, 7) is 3.11. The lowest BCUT2D eigenvalue weighted by atomic mass is 9.82. The molecule has 108 valence electrons. The Kier molecular flexibility index (Phi) is 5.26. The van der Waals surface area contributed by atoms with Gasteiger partial charge < -0.3 is 10.8 Å². The van der Waals surface area contributed by atoms with Crippen molar-refractivity contribution in [3.8, 4) is 0 Å². The van der Waals surface area contributed by atoms with Crippen molar-refractivity contribution in [2.45, 2.75) is 44.4 Å². The van der Waals surface area contributed by atoms with E-state index < -0.39 is 0 Å². The molecule has 1 aliphatic rings. The molecule has 1 fully saturated rings. The Morgan fingerprint density at radius 2 is 2.21 bits per heavy atom. The maximum absolute atomic E-state index is 9.39. The van der Waals surface area contributed by atoms with Crippen LogP contribution in [-0.2, 0) is 0 Å². The largest absolute Gasteiger partial charge is 0.393 e. The highest BCUT2D eigenvalue weighted by atomic mass is 35.5. The standard InChI is InChI=1S/C14H23ClN2OS/c1-3-11(16)14(12-4-5-13(15)19-12)17(2)8-9-6-10(18)7-9/h4-5,9-11,14,18H,3,6-8,16H2,1-2H3. The van der Waals surface area contributed by atoms with Gasteiger partial charge in [0.25, 0.3) is 0 Å². The van der Waals surface area contributed by atoms with Crippen LogP contribution in [0.2, 0.25) is 4.34 Å². The number of thiophene rings is 1. The molecule has 0 radical (unpaired) electrons. The zero-order valence-electron chi connectivity index (χ0n) is 11.6. The van der Waals surface area contributed by atoms with Gasteiger partial charge in [0, 0.05) is 17.5 Å². The molecule has 0 bridgehead atoms. The van der Waals surface area contributed by atoms with Crippen LogP contribution in [-0.4, -0.2) is 35.7 Å². The Morgan fingerprint density at radius 1 is 1.53 bits per heavy atom. The molecule has 19 heavy (non-hydrogen) atoms. The normalized spacial score (nSPS) is 26.2. The average Bonchev–Trinajstić information content (AvgIpc) is 2.73. The monoisotopic (exact) mass is 302 g/mol. The summed E-state index contributed by atoms with van der Waals surface area (Å²) in [5.74, 6) is 0.599. The van der Waals surface area contributed by atoms with Crippen molar-refractivity contribution in [3.05, 3.63) is 21.3 Å². The fourth-order valence-electron chi connectivity index (χ4n) is 2.84. The van der Waals surface area contributed by atoms with Crippen molar-refractivity contribution >= 4 is 22.9 Å². The van der Waals surface area contributed by atoms with Crippen LogP contribution in [0, 0.1) is 5.92 Å². The summed E-state index contributed by atoms with van der Waals surface area (Å²) in [5, 5.41) is 9.39. The van der Waals surface area contributed by atoms with Crippen molar-refractivity contribution in [2.75, 3.05) is 13.6 Å². The average molecular weight is 303 g/mol. The number of nitrogens with two attached hydrogens (primary N) is 1. The van der Waals surface area contributed by atoms with Gasteiger partial charge in [-0.3, -0.25) is 4.90 Å². The maximum atomic E-state index is 9.39. The van der Waals surface area contributed by atoms with Crippen LogP contribution in [0.3, 0.4) is 0 Å². The van der Waals surface area contributed by atoms with Gasteiger partial charge in [0.1, 0.15) is 0 Å². The molecular weight excluding hydrogens is 280 g/mol. The zero-order chi connectivity index (χ0) is 14.0. The van der Waals surface area contributed by atoms with Gasteiger partial charge >= 0.3 is 0 Å². The molecule has 1 saturated carbocycles. The number of rotatable bonds is 6. The van der Waals surface area contributed by atoms with Crippen molar-refractivity contribution in [1.29, 1.82) is 0 Å². The van der Waals surface area contributed by atoms with Crippen molar-refractivity contribution in [2.24, 2.45) is 11.7 Å². The number of aliphatic hydroxyl groups excluding tert-OH is 1. The third kappa shape index (κ3) is 3.70. The summed E-state index contributed by atoms with van der Waals surface area (Å²) in [7, 11) is 2.12. The predicted octanol–water partition coefficient (Wildman–Crippen LogP) is 2.88. The van der Waals surface area contributed by atoms with Crippen molar-refractivity contribution < 1.29 is 5.11 Å². The van der Waals surface area contributed by atoms with E-state index in [1.165, 1.54) is 4.88 Å². The lowest BCUT2D eigenvalue weighted by molar-refractivity contribution is 0.0200. The molecule has 1 aromatic rings. The lowest BCUT2D eigenvalue weighted by Gasteiger charge is -2.39. The van der Waals surface area contributed by atoms with Crippen LogP contribution in [0.4, 0.5) is 0 Å². The first kappa shape index (κ1) is 15.3. The minimum atomic E-state index is -0.0899. The summed E-state index contributed by atoms with van der Waals surface area (Å²) in [5.41, 5.74) is 6.29. The van der Waals surface area contributed by atoms with Gasteiger partial charge in [0.05, 0.1) is 16.5 Å². The van der Waals surface area contributed by atoms with Gasteiger partial charge in [0.2, 0.25) is 0 Å². The number of hydrogen-bond acceptors (Lipinski definition) is 4. The molecule has 0 aromatic carbocycles. The van der Waals surface area contributed by atoms with Gasteiger partial charge in [0.15, 0.2) is 0 Å². The number of nitrogens with zero attached hydrogens (tertiary/aromatic N) is 1. The van der Waals surface area contributed by atoms with E-state index in [0.29, 0.717) is 5.92 Å². The van der Waals surface area contributed by atoms with E-state index in [9.17, 15) is 5.11 Å². The minimum absolute atomic E-state index is 0.0899. The summed E-state index contributed by atoms with van der Waals surface area (Å²) < 4.78 is 0.816. The van der Waals surface area contributed by atoms with Crippen LogP contribution in [0.15, 0.2) is 12.1 Å². The second-order valence-electron chi connectivity index (χ2n) is 5.59. The van der Waals surface area contributed by atoms with E-state index in [2.05, 4.69) is 24.9 Å². The molecule has 1 aliphatic carbocycles. The van der Waals surface area contributed by atoms with Crippen LogP contribution < -0.4 is 5.73 Å². The van der Waals surface area contributed by atoms with E-state index in [1.807, 2.05) is 6.07 Å². The summed E-state index contributed by atoms with van der Waals surface area (Å²) in [6, 6.07) is 4.36. The molecule has 0 amide bonds. The van der Waals surface area contributed by atoms with E-state index in [-0.39, 0.29) is 18.2 Å². The topological polar surface area (TPSA) is 49.5 Å². The Labute approximate surface area is 124 Å². The molecule has 0 saturated heterocycles. The third-order valence-electron chi connectivity index (χ3n) is 3.99. The highest BCUT2D eigenvalue weighted by molar-refractivity contribution is 7.16. The van der Waals surface area contributed by atoms with Crippen LogP contribution >= 0.6 is 22.9 Å². The Bertz CT molecular complexity index is 406. The smallest absolute Gasteiger partial charge is 0.0931 e. The first-order valence-corrected chi connectivity index (χ1v) is 8.09. The lowest BCUT2D eigenvalue weighted by Crippen LogP contribution is -2.43. The Balaban J connectivity index is 2.04. The van der Waals surface area contributed by atoms with E-state index in [0.717, 1.165) is 30.1 Å². The molecule has 0 spiro atoms. The molecule has 2 rings (SSSR count). The van der Waals surface area contributed by atoms with Gasteiger partial charge in [-0.2, -0.15) is 0 Å². The fraction of sp³-hybridized carbons (Fsp3) is 0.714. The number of halogens is 1. The predicted molar refractivity (Wildman–Crippen MR) is 81.7 cm³/mol. The van der Waals surface area contributed by atoms with Gasteiger partial charge in [-0.05, 0) is 44.4 Å². The Hall–Kier alpha value is -0.130. The quantitative estimate of drug-likeness (QED) is 0.849. The summed E-state index contributed by atoms with van der Waals surface area (Å²) in [4.78, 5) is 3.56. The third-order valence-corrected chi connectivity index (χ3v) is 5.30. The van der Waals surface area contributed by atoms with Crippen molar-refractivity contribution in [3.63, 3.8) is 0 Å². The molecule has 2 unspecified atom stereocenters. The molecule has 1 heterocycles. The van der Waals surface area contributed by atoms with E-state index in [4.69, 9.17) is 17.3 Å². The first-order chi connectivity index (χ1) is 9.01. The van der Waals surface area contributed by atoms with E-state index in [1.54, 1.807) is 11.3 Å². The number of aliphatic hydroxyl groups is 1. The first-order valence-electron chi connectivity index (χ1n) is 6.90. The molecule has 1 aromatic heterocycles. The van der Waals surface area contributed by atoms with E-state index >= 15 is 0 Å². The summed E-state index contributed by atoms with van der Waals surface area (Å²) in [6.07, 6.45) is 2.69. The van der Waals surface area contributed by atoms with Crippen LogP contribution in [0.25, 0.3) is 0 Å². The number of likely N-dealkylation sites (N-methyl/N-ethyl adjacent to an activating group) is 1.